The Labute approximate surface area is 106 Å². The molecule has 0 radical (unpaired) electrons. The highest BCUT2D eigenvalue weighted by Gasteiger charge is 2.05. The third-order valence-corrected chi connectivity index (χ3v) is 2.46. The number of esters is 1. The zero-order valence-electron chi connectivity index (χ0n) is 10.6. The maximum atomic E-state index is 11.4. The Kier molecular flexibility index (Phi) is 5.70. The minimum atomic E-state index is -0.451. The second-order valence-corrected chi connectivity index (χ2v) is 3.70. The van der Waals surface area contributed by atoms with Crippen LogP contribution in [0, 0.1) is 0 Å². The van der Waals surface area contributed by atoms with Gasteiger partial charge in [0.1, 0.15) is 12.3 Å². The van der Waals surface area contributed by atoms with Gasteiger partial charge in [-0.25, -0.2) is 0 Å². The van der Waals surface area contributed by atoms with E-state index in [-0.39, 0.29) is 12.5 Å². The number of hydrogen-bond acceptors (Lipinski definition) is 4. The molecule has 0 unspecified atom stereocenters. The largest absolute Gasteiger partial charge is 0.497 e. The first-order chi connectivity index (χ1) is 8.65. The summed E-state index contributed by atoms with van der Waals surface area (Å²) in [5, 5.41) is 2.49. The van der Waals surface area contributed by atoms with Crippen LogP contribution >= 0.6 is 0 Å². The lowest BCUT2D eigenvalue weighted by Crippen LogP contribution is -2.30. The number of benzene rings is 1. The minimum Gasteiger partial charge on any atom is -0.497 e. The van der Waals surface area contributed by atoms with Crippen LogP contribution < -0.4 is 10.1 Å². The minimum absolute atomic E-state index is 0.0854. The molecular formula is C13H17NO4. The van der Waals surface area contributed by atoms with Crippen molar-refractivity contribution in [3.8, 4) is 5.75 Å². The zero-order valence-corrected chi connectivity index (χ0v) is 10.6. The van der Waals surface area contributed by atoms with Crippen molar-refractivity contribution >= 4 is 11.9 Å². The Balaban J connectivity index is 2.31. The van der Waals surface area contributed by atoms with E-state index >= 15 is 0 Å². The van der Waals surface area contributed by atoms with Gasteiger partial charge in [-0.05, 0) is 24.1 Å². The van der Waals surface area contributed by atoms with Crippen LogP contribution in [-0.2, 0) is 20.7 Å². The fourth-order valence-corrected chi connectivity index (χ4v) is 1.38. The molecule has 0 heterocycles. The summed E-state index contributed by atoms with van der Waals surface area (Å²) in [6.45, 7) is -0.0854. The normalized spacial score (nSPS) is 9.67. The zero-order chi connectivity index (χ0) is 13.4. The van der Waals surface area contributed by atoms with Crippen molar-refractivity contribution in [2.45, 2.75) is 12.8 Å². The smallest absolute Gasteiger partial charge is 0.325 e. The lowest BCUT2D eigenvalue weighted by molar-refractivity contribution is -0.141. The molecule has 0 saturated carbocycles. The van der Waals surface area contributed by atoms with Crippen LogP contribution in [0.2, 0.25) is 0 Å². The topological polar surface area (TPSA) is 64.6 Å². The molecule has 1 aromatic rings. The van der Waals surface area contributed by atoms with Gasteiger partial charge in [-0.2, -0.15) is 0 Å². The molecule has 0 bridgehead atoms. The van der Waals surface area contributed by atoms with E-state index in [4.69, 9.17) is 4.74 Å². The van der Waals surface area contributed by atoms with Crippen molar-refractivity contribution in [2.24, 2.45) is 0 Å². The predicted octanol–water partition coefficient (Wildman–Crippen LogP) is 0.917. The Hall–Kier alpha value is -2.04. The monoisotopic (exact) mass is 251 g/mol. The number of carbonyl (C=O) groups is 2. The molecule has 0 spiro atoms. The summed E-state index contributed by atoms with van der Waals surface area (Å²) >= 11 is 0. The van der Waals surface area contributed by atoms with Crippen molar-refractivity contribution in [1.82, 2.24) is 5.32 Å². The van der Waals surface area contributed by atoms with E-state index in [9.17, 15) is 9.59 Å². The first kappa shape index (κ1) is 14.0. The molecule has 0 aromatic heterocycles. The third kappa shape index (κ3) is 4.86. The van der Waals surface area contributed by atoms with E-state index in [2.05, 4.69) is 10.1 Å². The molecule has 5 nitrogen and oxygen atoms in total. The van der Waals surface area contributed by atoms with E-state index in [0.717, 1.165) is 11.3 Å². The molecule has 1 rings (SSSR count). The van der Waals surface area contributed by atoms with E-state index in [1.54, 1.807) is 7.11 Å². The van der Waals surface area contributed by atoms with Crippen molar-refractivity contribution in [2.75, 3.05) is 20.8 Å². The fourth-order valence-electron chi connectivity index (χ4n) is 1.38. The highest BCUT2D eigenvalue weighted by molar-refractivity contribution is 5.81. The summed E-state index contributed by atoms with van der Waals surface area (Å²) < 4.78 is 9.46. The molecule has 0 aliphatic rings. The van der Waals surface area contributed by atoms with Gasteiger partial charge in [0.25, 0.3) is 0 Å². The highest BCUT2D eigenvalue weighted by Crippen LogP contribution is 2.12. The number of ether oxygens (including phenoxy) is 2. The molecule has 98 valence electrons. The molecule has 5 heteroatoms. The van der Waals surface area contributed by atoms with Crippen LogP contribution in [0.3, 0.4) is 0 Å². The van der Waals surface area contributed by atoms with E-state index in [0.29, 0.717) is 12.8 Å². The van der Waals surface area contributed by atoms with Crippen LogP contribution in [-0.4, -0.2) is 32.6 Å². The van der Waals surface area contributed by atoms with E-state index in [1.165, 1.54) is 7.11 Å². The summed E-state index contributed by atoms with van der Waals surface area (Å²) in [5.41, 5.74) is 1.05. The van der Waals surface area contributed by atoms with Crippen LogP contribution in [0.5, 0.6) is 5.75 Å². The molecule has 0 saturated heterocycles. The summed E-state index contributed by atoms with van der Waals surface area (Å²) in [7, 11) is 2.89. The van der Waals surface area contributed by atoms with Crippen LogP contribution in [0.4, 0.5) is 0 Å². The predicted molar refractivity (Wildman–Crippen MR) is 66.3 cm³/mol. The number of rotatable bonds is 6. The number of methoxy groups -OCH3 is 2. The molecule has 0 aliphatic heterocycles. The maximum Gasteiger partial charge on any atom is 0.325 e. The molecule has 18 heavy (non-hydrogen) atoms. The van der Waals surface area contributed by atoms with Gasteiger partial charge in [-0.3, -0.25) is 9.59 Å². The van der Waals surface area contributed by atoms with Gasteiger partial charge in [0.05, 0.1) is 14.2 Å². The lowest BCUT2D eigenvalue weighted by atomic mass is 10.1. The number of amides is 1. The second-order valence-electron chi connectivity index (χ2n) is 3.70. The Morgan fingerprint density at radius 2 is 1.83 bits per heavy atom. The first-order valence-corrected chi connectivity index (χ1v) is 5.62. The van der Waals surface area contributed by atoms with Crippen LogP contribution in [0.15, 0.2) is 24.3 Å². The Morgan fingerprint density at radius 1 is 1.17 bits per heavy atom. The second kappa shape index (κ2) is 7.32. The number of hydrogen-bond donors (Lipinski definition) is 1. The van der Waals surface area contributed by atoms with Gasteiger partial charge in [0.15, 0.2) is 0 Å². The standard InChI is InChI=1S/C13H17NO4/c1-17-11-6-3-10(4-7-11)5-8-12(15)14-9-13(16)18-2/h3-4,6-7H,5,8-9H2,1-2H3,(H,14,15). The summed E-state index contributed by atoms with van der Waals surface area (Å²) in [5.74, 6) is 0.165. The quantitative estimate of drug-likeness (QED) is 0.763. The summed E-state index contributed by atoms with van der Waals surface area (Å²) in [6.07, 6.45) is 0.959. The van der Waals surface area contributed by atoms with Gasteiger partial charge in [-0.1, -0.05) is 12.1 Å². The molecule has 0 fully saturated rings. The van der Waals surface area contributed by atoms with Crippen molar-refractivity contribution < 1.29 is 19.1 Å². The lowest BCUT2D eigenvalue weighted by Gasteiger charge is -2.05. The van der Waals surface area contributed by atoms with Crippen molar-refractivity contribution in [3.05, 3.63) is 29.8 Å². The maximum absolute atomic E-state index is 11.4. The van der Waals surface area contributed by atoms with Gasteiger partial charge < -0.3 is 14.8 Å². The van der Waals surface area contributed by atoms with Crippen LogP contribution in [0.25, 0.3) is 0 Å². The molecule has 1 amide bonds. The van der Waals surface area contributed by atoms with Crippen molar-refractivity contribution in [1.29, 1.82) is 0 Å². The molecular weight excluding hydrogens is 234 g/mol. The molecule has 0 atom stereocenters. The van der Waals surface area contributed by atoms with Gasteiger partial charge in [-0.15, -0.1) is 0 Å². The van der Waals surface area contributed by atoms with Crippen molar-refractivity contribution in [3.63, 3.8) is 0 Å². The average Bonchev–Trinajstić information content (AvgIpc) is 2.42. The molecule has 1 aromatic carbocycles. The van der Waals surface area contributed by atoms with E-state index in [1.807, 2.05) is 24.3 Å². The SMILES string of the molecule is COC(=O)CNC(=O)CCc1ccc(OC)cc1. The molecule has 0 aliphatic carbocycles. The average molecular weight is 251 g/mol. The number of aryl methyl sites for hydroxylation is 1. The van der Waals surface area contributed by atoms with E-state index < -0.39 is 5.97 Å². The summed E-state index contributed by atoms with van der Waals surface area (Å²) in [4.78, 5) is 22.2. The Morgan fingerprint density at radius 3 is 2.39 bits per heavy atom. The molecule has 1 N–H and O–H groups in total. The first-order valence-electron chi connectivity index (χ1n) is 5.62. The highest BCUT2D eigenvalue weighted by atomic mass is 16.5. The third-order valence-electron chi connectivity index (χ3n) is 2.46. The number of carbonyl (C=O) groups excluding carboxylic acids is 2. The van der Waals surface area contributed by atoms with Gasteiger partial charge in [0.2, 0.25) is 5.91 Å². The van der Waals surface area contributed by atoms with Gasteiger partial charge >= 0.3 is 5.97 Å². The van der Waals surface area contributed by atoms with Gasteiger partial charge in [0, 0.05) is 6.42 Å². The number of nitrogens with one attached hydrogen (secondary N) is 1. The summed E-state index contributed by atoms with van der Waals surface area (Å²) in [6, 6.07) is 7.52. The Bertz CT molecular complexity index is 400. The van der Waals surface area contributed by atoms with Crippen LogP contribution in [0.1, 0.15) is 12.0 Å². The fraction of sp³-hybridized carbons (Fsp3) is 0.385.